The van der Waals surface area contributed by atoms with E-state index in [0.29, 0.717) is 15.5 Å². The molecule has 0 unspecified atom stereocenters. The fourth-order valence-corrected chi connectivity index (χ4v) is 2.04. The number of anilines is 1. The van der Waals surface area contributed by atoms with Crippen molar-refractivity contribution in [3.05, 3.63) is 9.54 Å². The second-order valence-corrected chi connectivity index (χ2v) is 4.83. The van der Waals surface area contributed by atoms with Gasteiger partial charge in [-0.1, -0.05) is 39.0 Å². The van der Waals surface area contributed by atoms with Crippen LogP contribution in [0.4, 0.5) is 5.95 Å². The van der Waals surface area contributed by atoms with E-state index >= 15 is 0 Å². The molecule has 0 bridgehead atoms. The summed E-state index contributed by atoms with van der Waals surface area (Å²) < 4.78 is 0.926. The number of aromatic amines is 2. The fourth-order valence-electron chi connectivity index (χ4n) is 1.59. The summed E-state index contributed by atoms with van der Waals surface area (Å²) in [5.41, 5.74) is 0. The molecule has 0 aliphatic rings. The van der Waals surface area contributed by atoms with Crippen LogP contribution in [0.25, 0.3) is 0 Å². The molecule has 0 saturated heterocycles. The van der Waals surface area contributed by atoms with E-state index in [4.69, 9.17) is 24.4 Å². The molecule has 0 spiro atoms. The van der Waals surface area contributed by atoms with Crippen molar-refractivity contribution in [1.82, 2.24) is 15.0 Å². The number of unbranched alkanes of at least 4 members (excludes halogenated alkanes) is 5. The summed E-state index contributed by atoms with van der Waals surface area (Å²) in [4.78, 5) is 9.80. The van der Waals surface area contributed by atoms with Gasteiger partial charge in [0.25, 0.3) is 0 Å². The summed E-state index contributed by atoms with van der Waals surface area (Å²) in [6.07, 6.45) is 7.70. The van der Waals surface area contributed by atoms with E-state index in [9.17, 15) is 0 Å². The van der Waals surface area contributed by atoms with Gasteiger partial charge >= 0.3 is 0 Å². The molecular weight excluding hydrogens is 298 g/mol. The number of rotatable bonds is 8. The van der Waals surface area contributed by atoms with Crippen molar-refractivity contribution in [3.8, 4) is 0 Å². The van der Waals surface area contributed by atoms with Crippen molar-refractivity contribution in [2.24, 2.45) is 0 Å². The molecule has 0 saturated carbocycles. The molecule has 4 nitrogen and oxygen atoms in total. The zero-order chi connectivity index (χ0) is 12.5. The van der Waals surface area contributed by atoms with Crippen LogP contribution < -0.4 is 5.32 Å². The molecule has 0 aliphatic carbocycles. The Balaban J connectivity index is 0. The van der Waals surface area contributed by atoms with Gasteiger partial charge in [0.15, 0.2) is 4.77 Å². The summed E-state index contributed by atoms with van der Waals surface area (Å²) in [6.45, 7) is 3.14. The number of H-pyrrole nitrogens is 2. The van der Waals surface area contributed by atoms with Crippen LogP contribution in [0, 0.1) is 9.54 Å². The van der Waals surface area contributed by atoms with E-state index in [1.165, 1.54) is 32.1 Å². The standard InChI is InChI=1S/C11H20N4S2.2Na/c1-2-3-4-5-6-7-8-12-9-13-10(16)15-11(17)14-9;;/h2-8H2,1H3,(H3,12,13,14,15,16,17);;. The maximum absolute atomic E-state index is 4.98. The van der Waals surface area contributed by atoms with Gasteiger partial charge in [-0.25, -0.2) is 0 Å². The molecule has 98 valence electrons. The third-order valence-corrected chi connectivity index (χ3v) is 2.89. The van der Waals surface area contributed by atoms with Crippen molar-refractivity contribution < 1.29 is 0 Å². The van der Waals surface area contributed by atoms with Crippen LogP contribution in [0.15, 0.2) is 0 Å². The largest absolute Gasteiger partial charge is 0.356 e. The van der Waals surface area contributed by atoms with Gasteiger partial charge in [0.2, 0.25) is 10.7 Å². The topological polar surface area (TPSA) is 56.5 Å². The molecular formula is C11H20N4Na2S2. The SMILES string of the molecule is CCCCCCCCNc1nc(=S)[nH]c(=S)[nH]1.[Na].[Na]. The average molecular weight is 318 g/mol. The van der Waals surface area contributed by atoms with Crippen LogP contribution in [-0.4, -0.2) is 80.6 Å². The third-order valence-electron chi connectivity index (χ3n) is 2.49. The predicted octanol–water partition coefficient (Wildman–Crippen LogP) is 3.21. The van der Waals surface area contributed by atoms with Gasteiger partial charge in [-0.2, -0.15) is 4.98 Å². The van der Waals surface area contributed by atoms with Gasteiger partial charge in [-0.3, -0.25) is 0 Å². The minimum atomic E-state index is 0. The minimum Gasteiger partial charge on any atom is -0.356 e. The summed E-state index contributed by atoms with van der Waals surface area (Å²) >= 11 is 9.92. The van der Waals surface area contributed by atoms with E-state index in [1.807, 2.05) is 0 Å². The van der Waals surface area contributed by atoms with Crippen molar-refractivity contribution in [1.29, 1.82) is 0 Å². The molecule has 1 aromatic rings. The fraction of sp³-hybridized carbons (Fsp3) is 0.727. The van der Waals surface area contributed by atoms with Crippen LogP contribution in [0.3, 0.4) is 0 Å². The Bertz CT molecular complexity index is 405. The number of hydrogen-bond acceptors (Lipinski definition) is 4. The number of nitrogens with one attached hydrogen (secondary N) is 3. The van der Waals surface area contributed by atoms with Gasteiger partial charge in [0, 0.05) is 65.7 Å². The minimum absolute atomic E-state index is 0. The zero-order valence-electron chi connectivity index (χ0n) is 12.2. The number of nitrogens with zero attached hydrogens (tertiary/aromatic N) is 1. The average Bonchev–Trinajstić information content (AvgIpc) is 2.26. The first-order valence-electron chi connectivity index (χ1n) is 6.17. The van der Waals surface area contributed by atoms with Crippen LogP contribution >= 0.6 is 24.4 Å². The Morgan fingerprint density at radius 2 is 1.63 bits per heavy atom. The van der Waals surface area contributed by atoms with Gasteiger partial charge in [0.1, 0.15) is 0 Å². The van der Waals surface area contributed by atoms with Gasteiger partial charge in [-0.15, -0.1) is 0 Å². The van der Waals surface area contributed by atoms with Crippen molar-refractivity contribution in [3.63, 3.8) is 0 Å². The van der Waals surface area contributed by atoms with E-state index in [2.05, 4.69) is 27.2 Å². The normalized spacial score (nSPS) is 9.32. The van der Waals surface area contributed by atoms with Gasteiger partial charge < -0.3 is 15.3 Å². The molecule has 0 aliphatic heterocycles. The van der Waals surface area contributed by atoms with Crippen molar-refractivity contribution >= 4 is 89.5 Å². The first kappa shape index (κ1) is 22.5. The second kappa shape index (κ2) is 14.2. The molecule has 3 N–H and O–H groups in total. The summed E-state index contributed by atoms with van der Waals surface area (Å²) in [5.74, 6) is 0.660. The van der Waals surface area contributed by atoms with E-state index in [-0.39, 0.29) is 59.1 Å². The first-order valence-corrected chi connectivity index (χ1v) is 6.98. The van der Waals surface area contributed by atoms with Crippen LogP contribution in [0.2, 0.25) is 0 Å². The van der Waals surface area contributed by atoms with Crippen LogP contribution in [0.5, 0.6) is 0 Å². The van der Waals surface area contributed by atoms with E-state index < -0.39 is 0 Å². The smallest absolute Gasteiger partial charge is 0.205 e. The van der Waals surface area contributed by atoms with Gasteiger partial charge in [0.05, 0.1) is 0 Å². The molecule has 1 heterocycles. The van der Waals surface area contributed by atoms with Crippen LogP contribution in [-0.2, 0) is 0 Å². The van der Waals surface area contributed by atoms with Crippen molar-refractivity contribution in [2.75, 3.05) is 11.9 Å². The molecule has 1 aromatic heterocycles. The van der Waals surface area contributed by atoms with Gasteiger partial charge in [-0.05, 0) is 30.9 Å². The van der Waals surface area contributed by atoms with Crippen molar-refractivity contribution in [2.45, 2.75) is 45.4 Å². The molecule has 2 radical (unpaired) electrons. The molecule has 8 heteroatoms. The predicted molar refractivity (Wildman–Crippen MR) is 88.0 cm³/mol. The molecule has 0 amide bonds. The third kappa shape index (κ3) is 11.6. The molecule has 1 rings (SSSR count). The number of hydrogen-bond donors (Lipinski definition) is 3. The van der Waals surface area contributed by atoms with E-state index in [1.54, 1.807) is 0 Å². The Kier molecular flexibility index (Phi) is 16.8. The Morgan fingerprint density at radius 3 is 2.26 bits per heavy atom. The number of aromatic nitrogens is 3. The zero-order valence-corrected chi connectivity index (χ0v) is 17.8. The quantitative estimate of drug-likeness (QED) is 0.391. The summed E-state index contributed by atoms with van der Waals surface area (Å²) in [6, 6.07) is 0. The first-order chi connectivity index (χ1) is 8.22. The Morgan fingerprint density at radius 1 is 1.00 bits per heavy atom. The summed E-state index contributed by atoms with van der Waals surface area (Å²) in [7, 11) is 0. The summed E-state index contributed by atoms with van der Waals surface area (Å²) in [5, 5.41) is 3.20. The maximum atomic E-state index is 4.98. The molecule has 19 heavy (non-hydrogen) atoms. The molecule has 0 atom stereocenters. The Labute approximate surface area is 169 Å². The Hall–Kier alpha value is 1.25. The second-order valence-electron chi connectivity index (χ2n) is 4.04. The monoisotopic (exact) mass is 318 g/mol. The van der Waals surface area contributed by atoms with Crippen LogP contribution in [0.1, 0.15) is 45.4 Å². The molecule has 0 aromatic carbocycles. The molecule has 0 fully saturated rings. The van der Waals surface area contributed by atoms with E-state index in [0.717, 1.165) is 13.0 Å². The maximum Gasteiger partial charge on any atom is 0.205 e.